The lowest BCUT2D eigenvalue weighted by Crippen LogP contribution is -2.25. The molecule has 0 aliphatic carbocycles. The Balaban J connectivity index is 2.10. The third-order valence-corrected chi connectivity index (χ3v) is 4.02. The molecule has 0 heterocycles. The minimum Gasteiger partial charge on any atom is -0.338 e. The van der Waals surface area contributed by atoms with Gasteiger partial charge in [0, 0.05) is 22.8 Å². The molecule has 0 aliphatic heterocycles. The largest absolute Gasteiger partial charge is 0.416 e. The van der Waals surface area contributed by atoms with Crippen LogP contribution in [0.15, 0.2) is 66.7 Å². The van der Waals surface area contributed by atoms with Crippen LogP contribution in [-0.4, -0.2) is 6.04 Å². The highest BCUT2D eigenvalue weighted by atomic mass is 19.4. The summed E-state index contributed by atoms with van der Waals surface area (Å²) in [6, 6.07) is 19.4. The molecule has 0 aliphatic rings. The van der Waals surface area contributed by atoms with E-state index < -0.39 is 11.7 Å². The van der Waals surface area contributed by atoms with E-state index in [0.717, 1.165) is 34.3 Å². The van der Waals surface area contributed by atoms with Crippen LogP contribution in [0.5, 0.6) is 0 Å². The Hall–Kier alpha value is -2.49. The van der Waals surface area contributed by atoms with Gasteiger partial charge in [-0.3, -0.25) is 0 Å². The summed E-state index contributed by atoms with van der Waals surface area (Å²) in [5.41, 5.74) is 1.10. The smallest absolute Gasteiger partial charge is 0.338 e. The van der Waals surface area contributed by atoms with E-state index in [-0.39, 0.29) is 6.04 Å². The van der Waals surface area contributed by atoms with Gasteiger partial charge in [-0.05, 0) is 49.6 Å². The van der Waals surface area contributed by atoms with Gasteiger partial charge >= 0.3 is 6.18 Å². The molecule has 0 aromatic heterocycles. The number of nitrogens with zero attached hydrogens (tertiary/aromatic N) is 1. The Kier molecular flexibility index (Phi) is 4.22. The van der Waals surface area contributed by atoms with E-state index in [9.17, 15) is 13.2 Å². The van der Waals surface area contributed by atoms with Gasteiger partial charge in [-0.15, -0.1) is 0 Å². The molecule has 0 spiro atoms. The predicted octanol–water partition coefficient (Wildman–Crippen LogP) is 6.41. The van der Waals surface area contributed by atoms with Gasteiger partial charge in [0.05, 0.1) is 5.56 Å². The number of alkyl halides is 3. The van der Waals surface area contributed by atoms with Crippen molar-refractivity contribution < 1.29 is 13.2 Å². The van der Waals surface area contributed by atoms with Gasteiger partial charge in [-0.25, -0.2) is 0 Å². The third-order valence-electron chi connectivity index (χ3n) is 4.02. The fourth-order valence-corrected chi connectivity index (χ4v) is 2.94. The average molecular weight is 329 g/mol. The van der Waals surface area contributed by atoms with Gasteiger partial charge in [0.25, 0.3) is 0 Å². The second-order valence-electron chi connectivity index (χ2n) is 6.01. The number of benzene rings is 3. The van der Waals surface area contributed by atoms with Gasteiger partial charge in [0.2, 0.25) is 0 Å². The van der Waals surface area contributed by atoms with Gasteiger partial charge in [0.15, 0.2) is 0 Å². The summed E-state index contributed by atoms with van der Waals surface area (Å²) in [5, 5.41) is 2.18. The maximum absolute atomic E-state index is 12.8. The first-order chi connectivity index (χ1) is 11.4. The Morgan fingerprint density at radius 1 is 0.792 bits per heavy atom. The minimum absolute atomic E-state index is 0.104. The molecule has 1 nitrogen and oxygen atoms in total. The Bertz CT molecular complexity index is 830. The van der Waals surface area contributed by atoms with Crippen molar-refractivity contribution in [1.82, 2.24) is 0 Å². The average Bonchev–Trinajstić information content (AvgIpc) is 2.55. The standard InChI is InChI=1S/C20H18F3N/c1-14(2)24(17-12-10-16(11-13-17)20(21,22)23)19-9-5-7-15-6-3-4-8-18(15)19/h3-14H,1-2H3. The number of hydrogen-bond acceptors (Lipinski definition) is 1. The second-order valence-corrected chi connectivity index (χ2v) is 6.01. The molecule has 0 N–H and O–H groups in total. The first-order valence-electron chi connectivity index (χ1n) is 7.82. The molecule has 24 heavy (non-hydrogen) atoms. The van der Waals surface area contributed by atoms with Crippen molar-refractivity contribution in [2.75, 3.05) is 4.90 Å². The van der Waals surface area contributed by atoms with Crippen molar-refractivity contribution in [1.29, 1.82) is 0 Å². The summed E-state index contributed by atoms with van der Waals surface area (Å²) in [6.07, 6.45) is -4.32. The number of rotatable bonds is 3. The van der Waals surface area contributed by atoms with Crippen LogP contribution in [0.1, 0.15) is 19.4 Å². The third kappa shape index (κ3) is 3.09. The van der Waals surface area contributed by atoms with Gasteiger partial charge in [-0.2, -0.15) is 13.2 Å². The predicted molar refractivity (Wildman–Crippen MR) is 92.7 cm³/mol. The van der Waals surface area contributed by atoms with E-state index >= 15 is 0 Å². The quantitative estimate of drug-likeness (QED) is 0.537. The molecule has 3 aromatic rings. The van der Waals surface area contributed by atoms with Crippen LogP contribution in [0.2, 0.25) is 0 Å². The Labute approximate surface area is 139 Å². The fraction of sp³-hybridized carbons (Fsp3) is 0.200. The maximum atomic E-state index is 12.8. The molecule has 0 saturated carbocycles. The monoisotopic (exact) mass is 329 g/mol. The normalized spacial score (nSPS) is 11.9. The first-order valence-corrected chi connectivity index (χ1v) is 7.82. The Morgan fingerprint density at radius 3 is 2.04 bits per heavy atom. The van der Waals surface area contributed by atoms with Crippen LogP contribution < -0.4 is 4.90 Å². The molecule has 3 aromatic carbocycles. The minimum atomic E-state index is -4.32. The summed E-state index contributed by atoms with van der Waals surface area (Å²) >= 11 is 0. The van der Waals surface area contributed by atoms with Crippen LogP contribution in [0, 0.1) is 0 Å². The summed E-state index contributed by atoms with van der Waals surface area (Å²) < 4.78 is 38.4. The molecule has 4 heteroatoms. The highest BCUT2D eigenvalue weighted by Crippen LogP contribution is 2.36. The SMILES string of the molecule is CC(C)N(c1ccc(C(F)(F)F)cc1)c1cccc2ccccc12. The lowest BCUT2D eigenvalue weighted by atomic mass is 10.1. The zero-order valence-corrected chi connectivity index (χ0v) is 13.5. The van der Waals surface area contributed by atoms with Crippen molar-refractivity contribution in [2.24, 2.45) is 0 Å². The number of halogens is 3. The molecular weight excluding hydrogens is 311 g/mol. The Morgan fingerprint density at radius 2 is 1.42 bits per heavy atom. The molecular formula is C20H18F3N. The lowest BCUT2D eigenvalue weighted by molar-refractivity contribution is -0.137. The molecule has 0 atom stereocenters. The molecule has 0 saturated heterocycles. The van der Waals surface area contributed by atoms with E-state index in [1.54, 1.807) is 0 Å². The number of anilines is 2. The first kappa shape index (κ1) is 16.4. The van der Waals surface area contributed by atoms with E-state index in [2.05, 4.69) is 4.90 Å². The molecule has 0 unspecified atom stereocenters. The van der Waals surface area contributed by atoms with Crippen molar-refractivity contribution >= 4 is 22.1 Å². The zero-order chi connectivity index (χ0) is 17.3. The van der Waals surface area contributed by atoms with E-state index in [4.69, 9.17) is 0 Å². The van der Waals surface area contributed by atoms with E-state index in [0.29, 0.717) is 0 Å². The van der Waals surface area contributed by atoms with E-state index in [1.807, 2.05) is 56.3 Å². The summed E-state index contributed by atoms with van der Waals surface area (Å²) in [4.78, 5) is 2.06. The topological polar surface area (TPSA) is 3.24 Å². The van der Waals surface area contributed by atoms with Crippen molar-refractivity contribution in [2.45, 2.75) is 26.1 Å². The summed E-state index contributed by atoms with van der Waals surface area (Å²) in [5.74, 6) is 0. The highest BCUT2D eigenvalue weighted by Gasteiger charge is 2.30. The van der Waals surface area contributed by atoms with Crippen LogP contribution in [0.25, 0.3) is 10.8 Å². The molecule has 124 valence electrons. The van der Waals surface area contributed by atoms with E-state index in [1.165, 1.54) is 12.1 Å². The molecule has 0 bridgehead atoms. The molecule has 0 radical (unpaired) electrons. The van der Waals surface area contributed by atoms with Crippen molar-refractivity contribution in [3.63, 3.8) is 0 Å². The van der Waals surface area contributed by atoms with Gasteiger partial charge in [-0.1, -0.05) is 36.4 Å². The van der Waals surface area contributed by atoms with Crippen LogP contribution in [0.3, 0.4) is 0 Å². The lowest BCUT2D eigenvalue weighted by Gasteiger charge is -2.30. The van der Waals surface area contributed by atoms with Gasteiger partial charge in [0.1, 0.15) is 0 Å². The van der Waals surface area contributed by atoms with Crippen LogP contribution >= 0.6 is 0 Å². The van der Waals surface area contributed by atoms with Crippen molar-refractivity contribution in [3.05, 3.63) is 72.3 Å². The maximum Gasteiger partial charge on any atom is 0.416 e. The number of hydrogen-bond donors (Lipinski definition) is 0. The van der Waals surface area contributed by atoms with Crippen LogP contribution in [-0.2, 0) is 6.18 Å². The second kappa shape index (κ2) is 6.19. The molecule has 3 rings (SSSR count). The highest BCUT2D eigenvalue weighted by molar-refractivity contribution is 5.96. The van der Waals surface area contributed by atoms with Gasteiger partial charge < -0.3 is 4.90 Å². The zero-order valence-electron chi connectivity index (χ0n) is 13.5. The summed E-state index contributed by atoms with van der Waals surface area (Å²) in [6.45, 7) is 4.05. The molecule has 0 amide bonds. The fourth-order valence-electron chi connectivity index (χ4n) is 2.94. The summed E-state index contributed by atoms with van der Waals surface area (Å²) in [7, 11) is 0. The van der Waals surface area contributed by atoms with Crippen LogP contribution in [0.4, 0.5) is 24.5 Å². The molecule has 0 fully saturated rings. The van der Waals surface area contributed by atoms with Crippen molar-refractivity contribution in [3.8, 4) is 0 Å². The number of fused-ring (bicyclic) bond motifs is 1.